The molecule has 5 heteroatoms. The zero-order valence-electron chi connectivity index (χ0n) is 8.95. The van der Waals surface area contributed by atoms with Gasteiger partial charge in [0.25, 0.3) is 0 Å². The minimum atomic E-state index is -0.320. The lowest BCUT2D eigenvalue weighted by Crippen LogP contribution is -2.37. The number of rotatable bonds is 4. The van der Waals surface area contributed by atoms with Gasteiger partial charge >= 0.3 is 0 Å². The number of nitrogen functional groups attached to an aromatic ring is 1. The highest BCUT2D eigenvalue weighted by Crippen LogP contribution is 2.07. The van der Waals surface area contributed by atoms with E-state index < -0.39 is 0 Å². The highest BCUT2D eigenvalue weighted by Gasteiger charge is 2.11. The Bertz CT molecular complexity index is 340. The van der Waals surface area contributed by atoms with Crippen molar-refractivity contribution in [3.63, 3.8) is 0 Å². The molecule has 0 fully saturated rings. The van der Waals surface area contributed by atoms with E-state index in [4.69, 9.17) is 5.73 Å². The van der Waals surface area contributed by atoms with E-state index in [2.05, 4.69) is 15.6 Å². The molecule has 0 aliphatic carbocycles. The number of hydrogen-bond donors (Lipinski definition) is 3. The van der Waals surface area contributed by atoms with Crippen molar-refractivity contribution in [3.8, 4) is 0 Å². The van der Waals surface area contributed by atoms with E-state index in [1.165, 1.54) is 0 Å². The summed E-state index contributed by atoms with van der Waals surface area (Å²) in [5, 5.41) is 5.68. The molecule has 1 rings (SSSR count). The summed E-state index contributed by atoms with van der Waals surface area (Å²) in [5.41, 5.74) is 5.52. The second kappa shape index (κ2) is 5.19. The highest BCUT2D eigenvalue weighted by atomic mass is 16.2. The standard InChI is InChI=1S/C10H16N4O/c1-3-12-10(15)7(2)13-9-6-4-5-8(11)14-9/h4-7H,3H2,1-2H3,(H,12,15)(H3,11,13,14). The first kappa shape index (κ1) is 11.3. The topological polar surface area (TPSA) is 80.0 Å². The van der Waals surface area contributed by atoms with Crippen LogP contribution in [0.2, 0.25) is 0 Å². The van der Waals surface area contributed by atoms with E-state index in [0.29, 0.717) is 18.2 Å². The van der Waals surface area contributed by atoms with Gasteiger partial charge in [0.05, 0.1) is 0 Å². The number of aromatic nitrogens is 1. The number of anilines is 2. The Balaban J connectivity index is 2.58. The van der Waals surface area contributed by atoms with E-state index in [9.17, 15) is 4.79 Å². The van der Waals surface area contributed by atoms with Crippen LogP contribution >= 0.6 is 0 Å². The summed E-state index contributed by atoms with van der Waals surface area (Å²) in [6.45, 7) is 4.27. The second-order valence-corrected chi connectivity index (χ2v) is 3.21. The van der Waals surface area contributed by atoms with Crippen LogP contribution in [0.15, 0.2) is 18.2 Å². The van der Waals surface area contributed by atoms with Crippen molar-refractivity contribution in [2.24, 2.45) is 0 Å². The third-order valence-electron chi connectivity index (χ3n) is 1.88. The molecule has 0 radical (unpaired) electrons. The Morgan fingerprint density at radius 3 is 2.93 bits per heavy atom. The van der Waals surface area contributed by atoms with Crippen molar-refractivity contribution in [3.05, 3.63) is 18.2 Å². The normalized spacial score (nSPS) is 11.9. The Morgan fingerprint density at radius 2 is 2.33 bits per heavy atom. The van der Waals surface area contributed by atoms with Gasteiger partial charge in [-0.15, -0.1) is 0 Å². The maximum absolute atomic E-state index is 11.4. The van der Waals surface area contributed by atoms with E-state index in [0.717, 1.165) is 0 Å². The summed E-state index contributed by atoms with van der Waals surface area (Å²) < 4.78 is 0. The fraction of sp³-hybridized carbons (Fsp3) is 0.400. The monoisotopic (exact) mass is 208 g/mol. The van der Waals surface area contributed by atoms with Crippen LogP contribution < -0.4 is 16.4 Å². The number of pyridine rings is 1. The second-order valence-electron chi connectivity index (χ2n) is 3.21. The maximum atomic E-state index is 11.4. The molecular weight excluding hydrogens is 192 g/mol. The molecule has 1 atom stereocenters. The van der Waals surface area contributed by atoms with E-state index in [-0.39, 0.29) is 11.9 Å². The SMILES string of the molecule is CCNC(=O)C(C)Nc1cccc(N)n1. The lowest BCUT2D eigenvalue weighted by Gasteiger charge is -2.13. The van der Waals surface area contributed by atoms with Gasteiger partial charge in [-0.3, -0.25) is 4.79 Å². The Kier molecular flexibility index (Phi) is 3.91. The molecule has 0 aromatic carbocycles. The molecule has 1 aromatic rings. The smallest absolute Gasteiger partial charge is 0.242 e. The van der Waals surface area contributed by atoms with E-state index in [1.807, 2.05) is 6.92 Å². The molecule has 82 valence electrons. The van der Waals surface area contributed by atoms with Crippen molar-refractivity contribution >= 4 is 17.5 Å². The number of hydrogen-bond acceptors (Lipinski definition) is 4. The van der Waals surface area contributed by atoms with Gasteiger partial charge in [-0.05, 0) is 26.0 Å². The molecule has 15 heavy (non-hydrogen) atoms. The zero-order chi connectivity index (χ0) is 11.3. The molecule has 0 saturated heterocycles. The van der Waals surface area contributed by atoms with Crippen LogP contribution in [0.25, 0.3) is 0 Å². The fourth-order valence-corrected chi connectivity index (χ4v) is 1.15. The zero-order valence-corrected chi connectivity index (χ0v) is 8.95. The molecule has 1 aromatic heterocycles. The number of carbonyl (C=O) groups is 1. The first-order chi connectivity index (χ1) is 7.13. The number of amides is 1. The van der Waals surface area contributed by atoms with Crippen molar-refractivity contribution in [2.75, 3.05) is 17.6 Å². The van der Waals surface area contributed by atoms with E-state index in [1.54, 1.807) is 25.1 Å². The van der Waals surface area contributed by atoms with Crippen molar-refractivity contribution in [1.82, 2.24) is 10.3 Å². The maximum Gasteiger partial charge on any atom is 0.242 e. The minimum absolute atomic E-state index is 0.0540. The number of nitrogens with one attached hydrogen (secondary N) is 2. The molecule has 0 bridgehead atoms. The molecule has 1 unspecified atom stereocenters. The van der Waals surface area contributed by atoms with Crippen LogP contribution in [0, 0.1) is 0 Å². The van der Waals surface area contributed by atoms with Crippen molar-refractivity contribution < 1.29 is 4.79 Å². The van der Waals surface area contributed by atoms with Crippen molar-refractivity contribution in [1.29, 1.82) is 0 Å². The lowest BCUT2D eigenvalue weighted by molar-refractivity contribution is -0.121. The van der Waals surface area contributed by atoms with Crippen LogP contribution in [0.1, 0.15) is 13.8 Å². The molecule has 5 nitrogen and oxygen atoms in total. The molecule has 0 aliphatic rings. The van der Waals surface area contributed by atoms with Crippen LogP contribution in [0.3, 0.4) is 0 Å². The van der Waals surface area contributed by atoms with Gasteiger partial charge in [-0.25, -0.2) is 4.98 Å². The van der Waals surface area contributed by atoms with Gasteiger partial charge in [0.15, 0.2) is 0 Å². The quantitative estimate of drug-likeness (QED) is 0.677. The molecule has 1 heterocycles. The first-order valence-corrected chi connectivity index (χ1v) is 4.90. The molecule has 1 amide bonds. The van der Waals surface area contributed by atoms with Gasteiger partial charge < -0.3 is 16.4 Å². The largest absolute Gasteiger partial charge is 0.384 e. The van der Waals surface area contributed by atoms with Crippen molar-refractivity contribution in [2.45, 2.75) is 19.9 Å². The Morgan fingerprint density at radius 1 is 1.60 bits per heavy atom. The molecular formula is C10H16N4O. The van der Waals surface area contributed by atoms with Gasteiger partial charge in [0.1, 0.15) is 17.7 Å². The number of likely N-dealkylation sites (N-methyl/N-ethyl adjacent to an activating group) is 1. The lowest BCUT2D eigenvalue weighted by atomic mass is 10.3. The molecule has 4 N–H and O–H groups in total. The van der Waals surface area contributed by atoms with Gasteiger partial charge in [0, 0.05) is 6.54 Å². The first-order valence-electron chi connectivity index (χ1n) is 4.90. The minimum Gasteiger partial charge on any atom is -0.384 e. The van der Waals surface area contributed by atoms with Crippen LogP contribution in [-0.4, -0.2) is 23.5 Å². The predicted octanol–water partition coefficient (Wildman–Crippen LogP) is 0.600. The fourth-order valence-electron chi connectivity index (χ4n) is 1.15. The average molecular weight is 208 g/mol. The molecule has 0 saturated carbocycles. The third kappa shape index (κ3) is 3.46. The molecule has 0 spiro atoms. The summed E-state index contributed by atoms with van der Waals surface area (Å²) in [4.78, 5) is 15.4. The Hall–Kier alpha value is -1.78. The third-order valence-corrected chi connectivity index (χ3v) is 1.88. The van der Waals surface area contributed by atoms with Gasteiger partial charge in [0.2, 0.25) is 5.91 Å². The summed E-state index contributed by atoms with van der Waals surface area (Å²) in [6, 6.07) is 4.93. The Labute approximate surface area is 89.1 Å². The highest BCUT2D eigenvalue weighted by molar-refractivity contribution is 5.83. The predicted molar refractivity (Wildman–Crippen MR) is 60.4 cm³/mol. The van der Waals surface area contributed by atoms with Gasteiger partial charge in [-0.1, -0.05) is 6.07 Å². The number of nitrogens with zero attached hydrogens (tertiary/aromatic N) is 1. The summed E-state index contributed by atoms with van der Waals surface area (Å²) in [5.74, 6) is 0.985. The summed E-state index contributed by atoms with van der Waals surface area (Å²) in [6.07, 6.45) is 0. The average Bonchev–Trinajstić information content (AvgIpc) is 2.18. The number of nitrogens with two attached hydrogens (primary N) is 1. The summed E-state index contributed by atoms with van der Waals surface area (Å²) >= 11 is 0. The van der Waals surface area contributed by atoms with Crippen LogP contribution in [-0.2, 0) is 4.79 Å². The molecule has 0 aliphatic heterocycles. The van der Waals surface area contributed by atoms with Crippen LogP contribution in [0.4, 0.5) is 11.6 Å². The van der Waals surface area contributed by atoms with Gasteiger partial charge in [-0.2, -0.15) is 0 Å². The van der Waals surface area contributed by atoms with E-state index >= 15 is 0 Å². The number of carbonyl (C=O) groups excluding carboxylic acids is 1. The van der Waals surface area contributed by atoms with Crippen LogP contribution in [0.5, 0.6) is 0 Å². The summed E-state index contributed by atoms with van der Waals surface area (Å²) in [7, 11) is 0.